The van der Waals surface area contributed by atoms with Crippen molar-refractivity contribution in [2.45, 2.75) is 13.5 Å². The Morgan fingerprint density at radius 1 is 1.31 bits per heavy atom. The molecule has 2 nitrogen and oxygen atoms in total. The average molecular weight is 192 g/mol. The van der Waals surface area contributed by atoms with Gasteiger partial charge in [-0.2, -0.15) is 0 Å². The normalized spacial score (nSPS) is 10.2. The molecule has 3 heteroatoms. The fourth-order valence-electron chi connectivity index (χ4n) is 1.19. The molecule has 0 atom stereocenters. The van der Waals surface area contributed by atoms with Gasteiger partial charge in [-0.3, -0.25) is 4.68 Å². The van der Waals surface area contributed by atoms with Crippen LogP contribution in [-0.2, 0) is 6.54 Å². The number of thiophene rings is 1. The van der Waals surface area contributed by atoms with Gasteiger partial charge in [-0.15, -0.1) is 11.3 Å². The van der Waals surface area contributed by atoms with E-state index < -0.39 is 0 Å². The number of aromatic nitrogens is 1. The van der Waals surface area contributed by atoms with Crippen molar-refractivity contribution in [2.24, 2.45) is 0 Å². The number of aryl methyl sites for hydroxylation is 1. The standard InChI is InChI=1S/C10H12N2S/c1-9-4-5-10(13-9)8-11-12-6-2-3-7-12/h2-7,11H,8H2,1H3. The fraction of sp³-hybridized carbons (Fsp3) is 0.200. The summed E-state index contributed by atoms with van der Waals surface area (Å²) in [6.07, 6.45) is 4.00. The molecule has 0 radical (unpaired) electrons. The second-order valence-corrected chi connectivity index (χ2v) is 4.31. The van der Waals surface area contributed by atoms with E-state index in [2.05, 4.69) is 24.5 Å². The van der Waals surface area contributed by atoms with Crippen LogP contribution in [0.15, 0.2) is 36.7 Å². The van der Waals surface area contributed by atoms with Crippen LogP contribution in [0.4, 0.5) is 0 Å². The maximum absolute atomic E-state index is 3.28. The van der Waals surface area contributed by atoms with Gasteiger partial charge in [0.15, 0.2) is 0 Å². The maximum Gasteiger partial charge on any atom is 0.0657 e. The van der Waals surface area contributed by atoms with Crippen LogP contribution >= 0.6 is 11.3 Å². The molecule has 2 aromatic rings. The van der Waals surface area contributed by atoms with E-state index in [1.165, 1.54) is 9.75 Å². The monoisotopic (exact) mass is 192 g/mol. The van der Waals surface area contributed by atoms with Gasteiger partial charge < -0.3 is 5.43 Å². The summed E-state index contributed by atoms with van der Waals surface area (Å²) in [7, 11) is 0. The molecule has 0 unspecified atom stereocenters. The van der Waals surface area contributed by atoms with Gasteiger partial charge in [0, 0.05) is 22.1 Å². The van der Waals surface area contributed by atoms with Crippen molar-refractivity contribution < 1.29 is 0 Å². The summed E-state index contributed by atoms with van der Waals surface area (Å²) in [5.41, 5.74) is 3.28. The highest BCUT2D eigenvalue weighted by atomic mass is 32.1. The first-order valence-electron chi connectivity index (χ1n) is 4.27. The number of nitrogens with one attached hydrogen (secondary N) is 1. The number of hydrogen-bond acceptors (Lipinski definition) is 2. The summed E-state index contributed by atoms with van der Waals surface area (Å²) in [6, 6.07) is 8.33. The molecule has 2 aromatic heterocycles. The van der Waals surface area contributed by atoms with E-state index in [-0.39, 0.29) is 0 Å². The van der Waals surface area contributed by atoms with Crippen LogP contribution in [0, 0.1) is 6.92 Å². The topological polar surface area (TPSA) is 17.0 Å². The van der Waals surface area contributed by atoms with Crippen LogP contribution in [-0.4, -0.2) is 4.68 Å². The molecule has 0 spiro atoms. The molecule has 13 heavy (non-hydrogen) atoms. The summed E-state index contributed by atoms with van der Waals surface area (Å²) >= 11 is 1.83. The molecule has 1 N–H and O–H groups in total. The van der Waals surface area contributed by atoms with Crippen molar-refractivity contribution in [1.82, 2.24) is 4.68 Å². The zero-order valence-corrected chi connectivity index (χ0v) is 8.34. The zero-order chi connectivity index (χ0) is 9.10. The number of hydrogen-bond donors (Lipinski definition) is 1. The lowest BCUT2D eigenvalue weighted by Crippen LogP contribution is -2.10. The molecule has 0 bridgehead atoms. The predicted molar refractivity (Wildman–Crippen MR) is 56.6 cm³/mol. The summed E-state index contributed by atoms with van der Waals surface area (Å²) < 4.78 is 1.97. The molecule has 0 aliphatic carbocycles. The average Bonchev–Trinajstić information content (AvgIpc) is 2.71. The predicted octanol–water partition coefficient (Wildman–Crippen LogP) is 2.60. The Morgan fingerprint density at radius 2 is 2.08 bits per heavy atom. The van der Waals surface area contributed by atoms with Crippen molar-refractivity contribution in [1.29, 1.82) is 0 Å². The molecule has 0 saturated heterocycles. The van der Waals surface area contributed by atoms with Gasteiger partial charge in [0.05, 0.1) is 6.54 Å². The molecule has 68 valence electrons. The fourth-order valence-corrected chi connectivity index (χ4v) is 2.01. The third kappa shape index (κ3) is 2.12. The molecular weight excluding hydrogens is 180 g/mol. The molecule has 0 aliphatic heterocycles. The first-order valence-corrected chi connectivity index (χ1v) is 5.08. The second-order valence-electron chi connectivity index (χ2n) is 2.94. The summed E-state index contributed by atoms with van der Waals surface area (Å²) in [5, 5.41) is 0. The Balaban J connectivity index is 1.93. The molecule has 0 aliphatic rings. The highest BCUT2D eigenvalue weighted by Gasteiger charge is 1.95. The Bertz CT molecular complexity index is 362. The van der Waals surface area contributed by atoms with E-state index in [1.807, 2.05) is 40.5 Å². The van der Waals surface area contributed by atoms with E-state index in [9.17, 15) is 0 Å². The van der Waals surface area contributed by atoms with Gasteiger partial charge in [-0.1, -0.05) is 0 Å². The SMILES string of the molecule is Cc1ccc(CNn2cccc2)s1. The van der Waals surface area contributed by atoms with Crippen LogP contribution in [0.3, 0.4) is 0 Å². The van der Waals surface area contributed by atoms with E-state index >= 15 is 0 Å². The molecule has 0 fully saturated rings. The third-order valence-electron chi connectivity index (χ3n) is 1.84. The van der Waals surface area contributed by atoms with Gasteiger partial charge >= 0.3 is 0 Å². The Labute approximate surface area is 81.8 Å². The lowest BCUT2D eigenvalue weighted by Gasteiger charge is -2.04. The molecule has 2 heterocycles. The highest BCUT2D eigenvalue weighted by molar-refractivity contribution is 7.11. The first kappa shape index (κ1) is 8.38. The molecule has 0 saturated carbocycles. The first-order chi connectivity index (χ1) is 6.34. The van der Waals surface area contributed by atoms with Gasteiger partial charge in [-0.25, -0.2) is 0 Å². The third-order valence-corrected chi connectivity index (χ3v) is 2.84. The van der Waals surface area contributed by atoms with Crippen LogP contribution in [0.2, 0.25) is 0 Å². The smallest absolute Gasteiger partial charge is 0.0657 e. The number of nitrogens with zero attached hydrogens (tertiary/aromatic N) is 1. The van der Waals surface area contributed by atoms with Gasteiger partial charge in [0.1, 0.15) is 0 Å². The zero-order valence-electron chi connectivity index (χ0n) is 7.53. The van der Waals surface area contributed by atoms with E-state index in [0.717, 1.165) is 6.54 Å². The minimum absolute atomic E-state index is 0.896. The lowest BCUT2D eigenvalue weighted by molar-refractivity contribution is 0.855. The van der Waals surface area contributed by atoms with Gasteiger partial charge in [0.25, 0.3) is 0 Å². The summed E-state index contributed by atoms with van der Waals surface area (Å²) in [6.45, 7) is 3.02. The van der Waals surface area contributed by atoms with Gasteiger partial charge in [-0.05, 0) is 31.2 Å². The Hall–Kier alpha value is -1.22. The van der Waals surface area contributed by atoms with Crippen molar-refractivity contribution in [3.05, 3.63) is 46.4 Å². The van der Waals surface area contributed by atoms with Crippen LogP contribution in [0.5, 0.6) is 0 Å². The summed E-state index contributed by atoms with van der Waals surface area (Å²) in [4.78, 5) is 2.73. The highest BCUT2D eigenvalue weighted by Crippen LogP contribution is 2.14. The minimum atomic E-state index is 0.896. The van der Waals surface area contributed by atoms with E-state index in [0.29, 0.717) is 0 Å². The molecule has 0 amide bonds. The van der Waals surface area contributed by atoms with Crippen molar-refractivity contribution in [3.63, 3.8) is 0 Å². The quantitative estimate of drug-likeness (QED) is 0.791. The van der Waals surface area contributed by atoms with E-state index in [4.69, 9.17) is 0 Å². The van der Waals surface area contributed by atoms with E-state index in [1.54, 1.807) is 0 Å². The van der Waals surface area contributed by atoms with Crippen molar-refractivity contribution in [3.8, 4) is 0 Å². The Kier molecular flexibility index (Phi) is 2.36. The molecule has 0 aromatic carbocycles. The summed E-state index contributed by atoms with van der Waals surface area (Å²) in [5.74, 6) is 0. The largest absolute Gasteiger partial charge is 0.321 e. The van der Waals surface area contributed by atoms with Gasteiger partial charge in [0.2, 0.25) is 0 Å². The molecular formula is C10H12N2S. The van der Waals surface area contributed by atoms with Crippen LogP contribution in [0.1, 0.15) is 9.75 Å². The van der Waals surface area contributed by atoms with Crippen molar-refractivity contribution in [2.75, 3.05) is 5.43 Å². The van der Waals surface area contributed by atoms with Crippen LogP contribution in [0.25, 0.3) is 0 Å². The number of rotatable bonds is 3. The second kappa shape index (κ2) is 3.66. The molecule has 2 rings (SSSR count). The Morgan fingerprint density at radius 3 is 2.69 bits per heavy atom. The maximum atomic E-state index is 3.28. The minimum Gasteiger partial charge on any atom is -0.321 e. The lowest BCUT2D eigenvalue weighted by atomic mass is 10.4. The van der Waals surface area contributed by atoms with Crippen molar-refractivity contribution >= 4 is 11.3 Å². The van der Waals surface area contributed by atoms with Crippen LogP contribution < -0.4 is 5.43 Å².